The van der Waals surface area contributed by atoms with Gasteiger partial charge in [0.15, 0.2) is 6.10 Å². The Labute approximate surface area is 160 Å². The van der Waals surface area contributed by atoms with Gasteiger partial charge < -0.3 is 14.8 Å². The second-order valence-corrected chi connectivity index (χ2v) is 8.92. The number of hydrogen-bond donors (Lipinski definition) is 1. The molecule has 0 saturated heterocycles. The molecule has 0 heterocycles. The molecule has 4 bridgehead atoms. The number of methoxy groups -OCH3 is 1. The maximum atomic E-state index is 12.6. The van der Waals surface area contributed by atoms with E-state index in [2.05, 4.69) is 5.32 Å². The van der Waals surface area contributed by atoms with E-state index in [1.165, 1.54) is 19.3 Å². The van der Waals surface area contributed by atoms with Gasteiger partial charge >= 0.3 is 5.97 Å². The number of amides is 1. The molecule has 0 spiro atoms. The Morgan fingerprint density at radius 1 is 1.11 bits per heavy atom. The largest absolute Gasteiger partial charge is 0.495 e. The van der Waals surface area contributed by atoms with Gasteiger partial charge in [0.1, 0.15) is 5.75 Å². The van der Waals surface area contributed by atoms with Gasteiger partial charge in [-0.3, -0.25) is 9.59 Å². The van der Waals surface area contributed by atoms with Crippen LogP contribution in [0.25, 0.3) is 0 Å². The Balaban J connectivity index is 1.33. The minimum Gasteiger partial charge on any atom is -0.495 e. The molecule has 4 fully saturated rings. The number of rotatable bonds is 6. The highest BCUT2D eigenvalue weighted by Gasteiger charge is 2.51. The zero-order valence-electron chi connectivity index (χ0n) is 16.2. The van der Waals surface area contributed by atoms with Gasteiger partial charge in [0.2, 0.25) is 0 Å². The Morgan fingerprint density at radius 2 is 1.70 bits per heavy atom. The summed E-state index contributed by atoms with van der Waals surface area (Å²) in [5.41, 5.74) is 0.707. The lowest BCUT2D eigenvalue weighted by Crippen LogP contribution is -2.47. The number of ether oxygens (including phenoxy) is 2. The van der Waals surface area contributed by atoms with Gasteiger partial charge in [0.25, 0.3) is 5.91 Å². The molecule has 5 rings (SSSR count). The van der Waals surface area contributed by atoms with Crippen molar-refractivity contribution in [3.05, 3.63) is 24.3 Å². The number of esters is 1. The zero-order chi connectivity index (χ0) is 19.0. The quantitative estimate of drug-likeness (QED) is 0.762. The molecule has 4 aliphatic rings. The van der Waals surface area contributed by atoms with Crippen molar-refractivity contribution >= 4 is 17.6 Å². The number of anilines is 1. The normalized spacial score (nSPS) is 32.0. The van der Waals surface area contributed by atoms with Crippen molar-refractivity contribution in [2.24, 2.45) is 23.2 Å². The van der Waals surface area contributed by atoms with Crippen LogP contribution in [-0.4, -0.2) is 25.1 Å². The fourth-order valence-corrected chi connectivity index (χ4v) is 6.09. The summed E-state index contributed by atoms with van der Waals surface area (Å²) in [7, 11) is 1.56. The maximum absolute atomic E-state index is 12.6. The van der Waals surface area contributed by atoms with Crippen LogP contribution in [0.2, 0.25) is 0 Å². The lowest BCUT2D eigenvalue weighted by molar-refractivity contribution is -0.160. The molecule has 5 nitrogen and oxygen atoms in total. The van der Waals surface area contributed by atoms with Crippen molar-refractivity contribution in [3.8, 4) is 5.75 Å². The van der Waals surface area contributed by atoms with E-state index in [-0.39, 0.29) is 17.3 Å². The van der Waals surface area contributed by atoms with E-state index in [0.717, 1.165) is 37.0 Å². The van der Waals surface area contributed by atoms with E-state index in [1.807, 2.05) is 12.1 Å². The molecule has 5 heteroatoms. The molecule has 27 heavy (non-hydrogen) atoms. The van der Waals surface area contributed by atoms with Gasteiger partial charge in [-0.1, -0.05) is 12.1 Å². The molecule has 0 aromatic heterocycles. The monoisotopic (exact) mass is 371 g/mol. The first-order valence-corrected chi connectivity index (χ1v) is 10.1. The predicted molar refractivity (Wildman–Crippen MR) is 102 cm³/mol. The van der Waals surface area contributed by atoms with Crippen LogP contribution in [0, 0.1) is 23.2 Å². The second-order valence-electron chi connectivity index (χ2n) is 8.92. The van der Waals surface area contributed by atoms with E-state index in [1.54, 1.807) is 26.2 Å². The van der Waals surface area contributed by atoms with Gasteiger partial charge in [-0.2, -0.15) is 0 Å². The van der Waals surface area contributed by atoms with Gasteiger partial charge in [-0.15, -0.1) is 0 Å². The molecular weight excluding hydrogens is 342 g/mol. The van der Waals surface area contributed by atoms with Crippen molar-refractivity contribution in [1.29, 1.82) is 0 Å². The Bertz CT molecular complexity index is 693. The standard InChI is InChI=1S/C22H29NO4/c1-14(21(25)23-18-5-3-4-6-19(18)26-2)27-20(24)13-22-10-15-7-16(11-22)9-17(8-15)12-22/h3-6,14-17H,7-13H2,1-2H3,(H,23,25). The summed E-state index contributed by atoms with van der Waals surface area (Å²) in [6.07, 6.45) is 7.19. The summed E-state index contributed by atoms with van der Waals surface area (Å²) in [5.74, 6) is 2.41. The number of carbonyl (C=O) groups is 2. The highest BCUT2D eigenvalue weighted by molar-refractivity contribution is 5.96. The molecule has 146 valence electrons. The molecule has 1 aromatic rings. The average Bonchev–Trinajstić information content (AvgIpc) is 2.60. The van der Waals surface area contributed by atoms with Gasteiger partial charge in [-0.25, -0.2) is 0 Å². The fourth-order valence-electron chi connectivity index (χ4n) is 6.09. The lowest BCUT2D eigenvalue weighted by Gasteiger charge is -2.56. The van der Waals surface area contributed by atoms with E-state index >= 15 is 0 Å². The lowest BCUT2D eigenvalue weighted by atomic mass is 9.49. The van der Waals surface area contributed by atoms with E-state index < -0.39 is 6.10 Å². The Hall–Kier alpha value is -2.04. The SMILES string of the molecule is COc1ccccc1NC(=O)C(C)OC(=O)CC12CC3CC(CC(C3)C1)C2. The third-order valence-corrected chi connectivity index (χ3v) is 6.73. The first-order chi connectivity index (χ1) is 13.0. The van der Waals surface area contributed by atoms with Gasteiger partial charge in [0, 0.05) is 0 Å². The zero-order valence-corrected chi connectivity index (χ0v) is 16.2. The molecule has 0 radical (unpaired) electrons. The number of benzene rings is 1. The third kappa shape index (κ3) is 3.83. The number of para-hydroxylation sites is 2. The van der Waals surface area contributed by atoms with Crippen molar-refractivity contribution in [3.63, 3.8) is 0 Å². The average molecular weight is 371 g/mol. The molecule has 1 atom stereocenters. The van der Waals surface area contributed by atoms with Crippen molar-refractivity contribution < 1.29 is 19.1 Å². The Morgan fingerprint density at radius 3 is 2.30 bits per heavy atom. The molecule has 4 aliphatic carbocycles. The van der Waals surface area contributed by atoms with Gasteiger partial charge in [0.05, 0.1) is 19.2 Å². The minimum atomic E-state index is -0.823. The molecular formula is C22H29NO4. The van der Waals surface area contributed by atoms with Crippen LogP contribution in [0.4, 0.5) is 5.69 Å². The Kier molecular flexibility index (Phi) is 4.87. The van der Waals surface area contributed by atoms with Crippen LogP contribution in [-0.2, 0) is 14.3 Å². The van der Waals surface area contributed by atoms with Crippen LogP contribution in [0.5, 0.6) is 5.75 Å². The molecule has 1 amide bonds. The summed E-state index contributed by atoms with van der Waals surface area (Å²) in [5, 5.41) is 2.78. The fraction of sp³-hybridized carbons (Fsp3) is 0.636. The number of nitrogens with one attached hydrogen (secondary N) is 1. The van der Waals surface area contributed by atoms with E-state index in [0.29, 0.717) is 17.9 Å². The minimum absolute atomic E-state index is 0.130. The van der Waals surface area contributed by atoms with Crippen LogP contribution in [0.1, 0.15) is 51.9 Å². The number of hydrogen-bond acceptors (Lipinski definition) is 4. The summed E-state index contributed by atoms with van der Waals surface area (Å²) in [6, 6.07) is 7.20. The van der Waals surface area contributed by atoms with Crippen LogP contribution in [0.3, 0.4) is 0 Å². The van der Waals surface area contributed by atoms with Crippen LogP contribution >= 0.6 is 0 Å². The maximum Gasteiger partial charge on any atom is 0.307 e. The molecule has 4 saturated carbocycles. The molecule has 1 aromatic carbocycles. The van der Waals surface area contributed by atoms with Crippen molar-refractivity contribution in [2.75, 3.05) is 12.4 Å². The van der Waals surface area contributed by atoms with Crippen molar-refractivity contribution in [2.45, 2.75) is 58.0 Å². The summed E-state index contributed by atoms with van der Waals surface area (Å²) >= 11 is 0. The van der Waals surface area contributed by atoms with Crippen LogP contribution in [0.15, 0.2) is 24.3 Å². The first kappa shape index (κ1) is 18.3. The topological polar surface area (TPSA) is 64.6 Å². The molecule has 0 aliphatic heterocycles. The predicted octanol–water partition coefficient (Wildman–Crippen LogP) is 4.17. The molecule has 1 N–H and O–H groups in total. The summed E-state index contributed by atoms with van der Waals surface area (Å²) in [4.78, 5) is 25.0. The van der Waals surface area contributed by atoms with Gasteiger partial charge in [-0.05, 0) is 80.8 Å². The van der Waals surface area contributed by atoms with Crippen molar-refractivity contribution in [1.82, 2.24) is 0 Å². The summed E-state index contributed by atoms with van der Waals surface area (Å²) < 4.78 is 10.7. The van der Waals surface area contributed by atoms with E-state index in [4.69, 9.17) is 9.47 Å². The van der Waals surface area contributed by atoms with Crippen LogP contribution < -0.4 is 10.1 Å². The molecule has 1 unspecified atom stereocenters. The summed E-state index contributed by atoms with van der Waals surface area (Å²) in [6.45, 7) is 1.63. The van der Waals surface area contributed by atoms with E-state index in [9.17, 15) is 9.59 Å². The second kappa shape index (κ2) is 7.17. The third-order valence-electron chi connectivity index (χ3n) is 6.73. The highest BCUT2D eigenvalue weighted by Crippen LogP contribution is 2.61. The number of carbonyl (C=O) groups excluding carboxylic acids is 2. The first-order valence-electron chi connectivity index (χ1n) is 10.1. The smallest absolute Gasteiger partial charge is 0.307 e. The highest BCUT2D eigenvalue weighted by atomic mass is 16.5.